The smallest absolute Gasteiger partial charge is 0.308 e. The van der Waals surface area contributed by atoms with Gasteiger partial charge in [0.25, 0.3) is 0 Å². The zero-order valence-electron chi connectivity index (χ0n) is 12.7. The lowest BCUT2D eigenvalue weighted by Crippen LogP contribution is -2.51. The second-order valence-electron chi connectivity index (χ2n) is 5.57. The summed E-state index contributed by atoms with van der Waals surface area (Å²) < 4.78 is 0. The Labute approximate surface area is 139 Å². The predicted molar refractivity (Wildman–Crippen MR) is 88.3 cm³/mol. The largest absolute Gasteiger partial charge is 0.481 e. The van der Waals surface area contributed by atoms with E-state index in [1.807, 2.05) is 26.0 Å². The van der Waals surface area contributed by atoms with Crippen molar-refractivity contribution in [2.45, 2.75) is 42.9 Å². The van der Waals surface area contributed by atoms with Gasteiger partial charge in [0.1, 0.15) is 0 Å². The average molecular weight is 342 g/mol. The van der Waals surface area contributed by atoms with E-state index < -0.39 is 11.9 Å². The van der Waals surface area contributed by atoms with Gasteiger partial charge in [0.05, 0.1) is 11.2 Å². The number of likely N-dealkylation sites (tertiary alicyclic amines) is 1. The van der Waals surface area contributed by atoms with Crippen LogP contribution in [0.25, 0.3) is 0 Å². The molecule has 120 valence electrons. The second kappa shape index (κ2) is 7.38. The summed E-state index contributed by atoms with van der Waals surface area (Å²) in [7, 11) is 0. The third-order valence-corrected chi connectivity index (χ3v) is 5.41. The monoisotopic (exact) mass is 341 g/mol. The van der Waals surface area contributed by atoms with Gasteiger partial charge < -0.3 is 10.0 Å². The number of carboxylic acids is 1. The minimum absolute atomic E-state index is 0.00148. The number of rotatable bonds is 4. The van der Waals surface area contributed by atoms with Crippen LogP contribution in [0.15, 0.2) is 29.2 Å². The maximum Gasteiger partial charge on any atom is 0.308 e. The molecule has 1 amide bonds. The van der Waals surface area contributed by atoms with Crippen LogP contribution in [0.4, 0.5) is 0 Å². The summed E-state index contributed by atoms with van der Waals surface area (Å²) in [6, 6.07) is 7.11. The summed E-state index contributed by atoms with van der Waals surface area (Å²) in [5, 5.41) is 9.66. The Balaban J connectivity index is 2.03. The summed E-state index contributed by atoms with van der Waals surface area (Å²) in [6.45, 7) is 4.32. The first-order valence-corrected chi connectivity index (χ1v) is 8.61. The lowest BCUT2D eigenvalue weighted by molar-refractivity contribution is -0.148. The summed E-state index contributed by atoms with van der Waals surface area (Å²) in [4.78, 5) is 26.6. The molecule has 0 aliphatic carbocycles. The average Bonchev–Trinajstić information content (AvgIpc) is 2.48. The van der Waals surface area contributed by atoms with Gasteiger partial charge in [-0.05, 0) is 51.0 Å². The van der Waals surface area contributed by atoms with Crippen molar-refractivity contribution >= 4 is 35.2 Å². The SMILES string of the molecule is CC(Sc1ccc(Cl)cc1)C(=O)N1CCC[C@H](C(=O)O)[C@@H]1C. The number of carbonyl (C=O) groups is 2. The molecule has 1 fully saturated rings. The lowest BCUT2D eigenvalue weighted by Gasteiger charge is -2.38. The van der Waals surface area contributed by atoms with Crippen LogP contribution in [-0.2, 0) is 9.59 Å². The molecule has 0 spiro atoms. The third-order valence-electron chi connectivity index (χ3n) is 4.06. The summed E-state index contributed by atoms with van der Waals surface area (Å²) >= 11 is 7.33. The molecule has 0 bridgehead atoms. The van der Waals surface area contributed by atoms with E-state index in [9.17, 15) is 14.7 Å². The molecular formula is C16H20ClNO3S. The normalized spacial score (nSPS) is 23.1. The molecule has 4 nitrogen and oxygen atoms in total. The number of thioether (sulfide) groups is 1. The third kappa shape index (κ3) is 3.96. The van der Waals surface area contributed by atoms with Gasteiger partial charge in [0.15, 0.2) is 0 Å². The highest BCUT2D eigenvalue weighted by molar-refractivity contribution is 8.00. The molecule has 3 atom stereocenters. The van der Waals surface area contributed by atoms with Crippen LogP contribution in [-0.4, -0.2) is 39.7 Å². The van der Waals surface area contributed by atoms with E-state index in [0.717, 1.165) is 11.3 Å². The maximum atomic E-state index is 12.6. The Morgan fingerprint density at radius 1 is 1.36 bits per heavy atom. The van der Waals surface area contributed by atoms with Crippen molar-refractivity contribution in [3.63, 3.8) is 0 Å². The van der Waals surface area contributed by atoms with Gasteiger partial charge >= 0.3 is 5.97 Å². The Hall–Kier alpha value is -1.20. The number of carbonyl (C=O) groups excluding carboxylic acids is 1. The number of hydrogen-bond donors (Lipinski definition) is 1. The molecule has 22 heavy (non-hydrogen) atoms. The van der Waals surface area contributed by atoms with Gasteiger partial charge in [-0.25, -0.2) is 0 Å². The van der Waals surface area contributed by atoms with Crippen LogP contribution in [0, 0.1) is 5.92 Å². The van der Waals surface area contributed by atoms with Crippen LogP contribution in [0.1, 0.15) is 26.7 Å². The van der Waals surface area contributed by atoms with E-state index in [-0.39, 0.29) is 17.2 Å². The first-order valence-electron chi connectivity index (χ1n) is 7.35. The highest BCUT2D eigenvalue weighted by Gasteiger charge is 2.36. The molecule has 1 unspecified atom stereocenters. The van der Waals surface area contributed by atoms with Gasteiger partial charge in [-0.15, -0.1) is 11.8 Å². The minimum atomic E-state index is -0.817. The van der Waals surface area contributed by atoms with Crippen molar-refractivity contribution in [2.24, 2.45) is 5.92 Å². The van der Waals surface area contributed by atoms with Crippen molar-refractivity contribution < 1.29 is 14.7 Å². The van der Waals surface area contributed by atoms with E-state index in [1.165, 1.54) is 11.8 Å². The fraction of sp³-hybridized carbons (Fsp3) is 0.500. The lowest BCUT2D eigenvalue weighted by atomic mass is 9.90. The zero-order valence-corrected chi connectivity index (χ0v) is 14.2. The molecule has 1 aliphatic rings. The Bertz CT molecular complexity index is 549. The van der Waals surface area contributed by atoms with Gasteiger partial charge in [-0.2, -0.15) is 0 Å². The fourth-order valence-electron chi connectivity index (χ4n) is 2.79. The molecule has 1 saturated heterocycles. The van der Waals surface area contributed by atoms with Crippen LogP contribution in [0.5, 0.6) is 0 Å². The molecule has 1 aliphatic heterocycles. The molecule has 1 heterocycles. The van der Waals surface area contributed by atoms with Crippen molar-refractivity contribution in [2.75, 3.05) is 6.54 Å². The summed E-state index contributed by atoms with van der Waals surface area (Å²) in [5.41, 5.74) is 0. The topological polar surface area (TPSA) is 57.6 Å². The molecule has 2 rings (SSSR count). The van der Waals surface area contributed by atoms with Gasteiger partial charge in [-0.1, -0.05) is 11.6 Å². The molecule has 6 heteroatoms. The first-order chi connectivity index (χ1) is 10.4. The van der Waals surface area contributed by atoms with E-state index >= 15 is 0 Å². The molecule has 0 saturated carbocycles. The van der Waals surface area contributed by atoms with Crippen LogP contribution in [0.2, 0.25) is 5.02 Å². The molecule has 0 aromatic heterocycles. The van der Waals surface area contributed by atoms with Crippen LogP contribution < -0.4 is 0 Å². The number of hydrogen-bond acceptors (Lipinski definition) is 3. The van der Waals surface area contributed by atoms with Gasteiger partial charge in [0.2, 0.25) is 5.91 Å². The Kier molecular flexibility index (Phi) is 5.75. The van der Waals surface area contributed by atoms with E-state index in [4.69, 9.17) is 11.6 Å². The standard InChI is InChI=1S/C16H20ClNO3S/c1-10-14(16(20)21)4-3-9-18(10)15(19)11(2)22-13-7-5-12(17)6-8-13/h5-8,10-11,14H,3-4,9H2,1-2H3,(H,20,21)/t10-,11?,14-/m0/s1. The molecule has 1 aromatic rings. The fourth-order valence-corrected chi connectivity index (χ4v) is 3.85. The minimum Gasteiger partial charge on any atom is -0.481 e. The number of carboxylic acid groups (broad SMARTS) is 1. The number of piperidine rings is 1. The number of aliphatic carboxylic acids is 1. The first kappa shape index (κ1) is 17.2. The molecular weight excluding hydrogens is 322 g/mol. The van der Waals surface area contributed by atoms with Crippen LogP contribution in [0.3, 0.4) is 0 Å². The van der Waals surface area contributed by atoms with Crippen molar-refractivity contribution in [3.8, 4) is 0 Å². The highest BCUT2D eigenvalue weighted by Crippen LogP contribution is 2.29. The van der Waals surface area contributed by atoms with E-state index in [2.05, 4.69) is 0 Å². The van der Waals surface area contributed by atoms with Gasteiger partial charge in [0, 0.05) is 22.5 Å². The quantitative estimate of drug-likeness (QED) is 0.851. The van der Waals surface area contributed by atoms with Crippen molar-refractivity contribution in [3.05, 3.63) is 29.3 Å². The highest BCUT2D eigenvalue weighted by atomic mass is 35.5. The summed E-state index contributed by atoms with van der Waals surface area (Å²) in [6.07, 6.45) is 1.38. The predicted octanol–water partition coefficient (Wildman–Crippen LogP) is 3.53. The zero-order chi connectivity index (χ0) is 16.3. The van der Waals surface area contributed by atoms with Gasteiger partial charge in [-0.3, -0.25) is 9.59 Å². The molecule has 0 radical (unpaired) electrons. The number of benzene rings is 1. The van der Waals surface area contributed by atoms with E-state index in [0.29, 0.717) is 18.0 Å². The number of amides is 1. The second-order valence-corrected chi connectivity index (χ2v) is 7.42. The maximum absolute atomic E-state index is 12.6. The number of halogens is 1. The van der Waals surface area contributed by atoms with Crippen LogP contribution >= 0.6 is 23.4 Å². The Morgan fingerprint density at radius 3 is 2.59 bits per heavy atom. The molecule has 1 aromatic carbocycles. The van der Waals surface area contributed by atoms with Crippen molar-refractivity contribution in [1.82, 2.24) is 4.90 Å². The summed E-state index contributed by atoms with van der Waals surface area (Å²) in [5.74, 6) is -1.29. The Morgan fingerprint density at radius 2 is 2.00 bits per heavy atom. The van der Waals surface area contributed by atoms with Crippen molar-refractivity contribution in [1.29, 1.82) is 0 Å². The van der Waals surface area contributed by atoms with E-state index in [1.54, 1.807) is 17.0 Å². The molecule has 1 N–H and O–H groups in total. The number of nitrogens with zero attached hydrogens (tertiary/aromatic N) is 1.